The van der Waals surface area contributed by atoms with Crippen LogP contribution in [0, 0.1) is 0 Å². The molecule has 2 fully saturated rings. The van der Waals surface area contributed by atoms with Gasteiger partial charge in [0.25, 0.3) is 11.8 Å². The second-order valence-corrected chi connectivity index (χ2v) is 6.50. The van der Waals surface area contributed by atoms with Crippen LogP contribution in [0.3, 0.4) is 0 Å². The smallest absolute Gasteiger partial charge is 0.331 e. The molecular weight excluding hydrogens is 364 g/mol. The third kappa shape index (κ3) is 3.01. The van der Waals surface area contributed by atoms with Crippen LogP contribution in [-0.2, 0) is 9.59 Å². The first kappa shape index (κ1) is 15.7. The summed E-state index contributed by atoms with van der Waals surface area (Å²) < 4.78 is 0.458. The number of aromatic hydroxyl groups is 1. The van der Waals surface area contributed by atoms with E-state index in [4.69, 9.17) is 0 Å². The van der Waals surface area contributed by atoms with Crippen LogP contribution in [0.25, 0.3) is 6.08 Å². The molecule has 1 aromatic carbocycles. The Hall–Kier alpha value is -2.15. The number of nitrogens with one attached hydrogen (secondary N) is 1. The molecule has 2 aliphatic rings. The maximum atomic E-state index is 12.6. The van der Waals surface area contributed by atoms with Crippen molar-refractivity contribution in [1.82, 2.24) is 10.2 Å². The summed E-state index contributed by atoms with van der Waals surface area (Å²) in [5.74, 6) is -1.19. The van der Waals surface area contributed by atoms with Gasteiger partial charge in [-0.05, 0) is 52.5 Å². The molecule has 0 spiro atoms. The summed E-state index contributed by atoms with van der Waals surface area (Å²) in [7, 11) is 0. The largest absolute Gasteiger partial charge is 0.507 e. The van der Waals surface area contributed by atoms with E-state index in [1.54, 1.807) is 12.1 Å². The highest BCUT2D eigenvalue weighted by Gasteiger charge is 2.40. The lowest BCUT2D eigenvalue weighted by Crippen LogP contribution is -2.57. The summed E-state index contributed by atoms with van der Waals surface area (Å²) in [5, 5.41) is 11.7. The molecule has 1 aliphatic carbocycles. The summed E-state index contributed by atoms with van der Waals surface area (Å²) in [6.07, 6.45) is 4.91. The zero-order valence-corrected chi connectivity index (χ0v) is 13.8. The van der Waals surface area contributed by atoms with Crippen LogP contribution in [0.4, 0.5) is 4.79 Å². The van der Waals surface area contributed by atoms with E-state index in [1.807, 2.05) is 0 Å². The van der Waals surface area contributed by atoms with Gasteiger partial charge in [-0.2, -0.15) is 0 Å². The fourth-order valence-electron chi connectivity index (χ4n) is 2.94. The number of benzene rings is 1. The molecule has 0 radical (unpaired) electrons. The van der Waals surface area contributed by atoms with Crippen LogP contribution in [0.2, 0.25) is 0 Å². The quantitative estimate of drug-likeness (QED) is 0.611. The first-order valence-corrected chi connectivity index (χ1v) is 8.16. The maximum absolute atomic E-state index is 12.6. The Morgan fingerprint density at radius 3 is 2.57 bits per heavy atom. The fraction of sp³-hybridized carbons (Fsp3) is 0.312. The third-order valence-corrected chi connectivity index (χ3v) is 4.74. The van der Waals surface area contributed by atoms with E-state index in [-0.39, 0.29) is 17.4 Å². The molecule has 120 valence electrons. The Kier molecular flexibility index (Phi) is 4.21. The van der Waals surface area contributed by atoms with Crippen LogP contribution in [0.15, 0.2) is 28.2 Å². The van der Waals surface area contributed by atoms with Crippen molar-refractivity contribution in [3.63, 3.8) is 0 Å². The Bertz CT molecular complexity index is 723. The van der Waals surface area contributed by atoms with Gasteiger partial charge in [0.15, 0.2) is 0 Å². The highest BCUT2D eigenvalue weighted by Crippen LogP contribution is 2.28. The molecule has 0 aromatic heterocycles. The number of hydrogen-bond acceptors (Lipinski definition) is 4. The van der Waals surface area contributed by atoms with E-state index >= 15 is 0 Å². The van der Waals surface area contributed by atoms with Crippen molar-refractivity contribution < 1.29 is 19.5 Å². The number of rotatable bonds is 2. The third-order valence-electron chi connectivity index (χ3n) is 4.11. The summed E-state index contributed by atoms with van der Waals surface area (Å²) in [6.45, 7) is 0. The molecule has 0 bridgehead atoms. The summed E-state index contributed by atoms with van der Waals surface area (Å²) in [6, 6.07) is 3.85. The van der Waals surface area contributed by atoms with Crippen LogP contribution in [0.5, 0.6) is 5.75 Å². The molecule has 2 N–H and O–H groups in total. The van der Waals surface area contributed by atoms with E-state index in [9.17, 15) is 19.5 Å². The first-order chi connectivity index (χ1) is 11.0. The van der Waals surface area contributed by atoms with E-state index in [1.165, 1.54) is 12.1 Å². The number of urea groups is 1. The van der Waals surface area contributed by atoms with E-state index in [0.29, 0.717) is 10.0 Å². The SMILES string of the molecule is O=C1NC(=O)N(C2CCCC2)C(=O)/C1=C/c1ccc(O)c(Br)c1. The lowest BCUT2D eigenvalue weighted by molar-refractivity contribution is -0.131. The standard InChI is InChI=1S/C16H15BrN2O4/c17-12-8-9(5-6-13(12)20)7-11-14(21)18-16(23)19(15(11)22)10-3-1-2-4-10/h5-8,10,20H,1-4H2,(H,18,21,23)/b11-7+. The number of imide groups is 2. The van der Waals surface area contributed by atoms with E-state index in [0.717, 1.165) is 30.6 Å². The predicted molar refractivity (Wildman–Crippen MR) is 86.4 cm³/mol. The Morgan fingerprint density at radius 2 is 1.91 bits per heavy atom. The molecule has 0 unspecified atom stereocenters. The van der Waals surface area contributed by atoms with Crippen molar-refractivity contribution in [2.24, 2.45) is 0 Å². The highest BCUT2D eigenvalue weighted by atomic mass is 79.9. The van der Waals surface area contributed by atoms with E-state index < -0.39 is 17.8 Å². The molecule has 1 aromatic rings. The molecule has 23 heavy (non-hydrogen) atoms. The lowest BCUT2D eigenvalue weighted by Gasteiger charge is -2.31. The summed E-state index contributed by atoms with van der Waals surface area (Å²) >= 11 is 3.19. The van der Waals surface area contributed by atoms with Crippen LogP contribution in [0.1, 0.15) is 31.2 Å². The van der Waals surface area contributed by atoms with Gasteiger partial charge in [-0.15, -0.1) is 0 Å². The van der Waals surface area contributed by atoms with Gasteiger partial charge in [-0.25, -0.2) is 4.79 Å². The molecule has 4 amide bonds. The number of phenols is 1. The maximum Gasteiger partial charge on any atom is 0.331 e. The van der Waals surface area contributed by atoms with Crippen LogP contribution >= 0.6 is 15.9 Å². The number of nitrogens with zero attached hydrogens (tertiary/aromatic N) is 1. The van der Waals surface area contributed by atoms with Gasteiger partial charge in [-0.1, -0.05) is 18.9 Å². The molecular formula is C16H15BrN2O4. The number of carbonyl (C=O) groups is 3. The first-order valence-electron chi connectivity index (χ1n) is 7.36. The van der Waals surface area contributed by atoms with Gasteiger partial charge in [0.05, 0.1) is 4.47 Å². The molecule has 1 heterocycles. The molecule has 6 nitrogen and oxygen atoms in total. The second kappa shape index (κ2) is 6.16. The van der Waals surface area contributed by atoms with Crippen molar-refractivity contribution in [1.29, 1.82) is 0 Å². The number of phenolic OH excluding ortho intramolecular Hbond substituents is 1. The van der Waals surface area contributed by atoms with Crippen molar-refractivity contribution in [3.05, 3.63) is 33.8 Å². The molecule has 1 aliphatic heterocycles. The highest BCUT2D eigenvalue weighted by molar-refractivity contribution is 9.10. The normalized spacial score (nSPS) is 21.2. The average Bonchev–Trinajstić information content (AvgIpc) is 3.01. The number of barbiturate groups is 1. The van der Waals surface area contributed by atoms with Crippen molar-refractivity contribution >= 4 is 39.9 Å². The van der Waals surface area contributed by atoms with Gasteiger partial charge in [0, 0.05) is 6.04 Å². The van der Waals surface area contributed by atoms with Gasteiger partial charge in [0.2, 0.25) is 0 Å². The predicted octanol–water partition coefficient (Wildman–Crippen LogP) is 2.56. The van der Waals surface area contributed by atoms with Crippen molar-refractivity contribution in [3.8, 4) is 5.75 Å². The van der Waals surface area contributed by atoms with Gasteiger partial charge >= 0.3 is 6.03 Å². The minimum atomic E-state index is -0.696. The minimum absolute atomic E-state index is 0.0642. The molecule has 3 rings (SSSR count). The van der Waals surface area contributed by atoms with Gasteiger partial charge in [0.1, 0.15) is 11.3 Å². The summed E-state index contributed by atoms with van der Waals surface area (Å²) in [5.41, 5.74) is 0.503. The number of halogens is 1. The number of hydrogen-bond donors (Lipinski definition) is 2. The Morgan fingerprint density at radius 1 is 1.22 bits per heavy atom. The minimum Gasteiger partial charge on any atom is -0.507 e. The van der Waals surface area contributed by atoms with Gasteiger partial charge in [-0.3, -0.25) is 19.8 Å². The number of carbonyl (C=O) groups excluding carboxylic acids is 3. The molecule has 7 heteroatoms. The average molecular weight is 379 g/mol. The van der Waals surface area contributed by atoms with Crippen molar-refractivity contribution in [2.45, 2.75) is 31.7 Å². The fourth-order valence-corrected chi connectivity index (χ4v) is 3.34. The lowest BCUT2D eigenvalue weighted by atomic mass is 10.1. The molecule has 1 saturated carbocycles. The van der Waals surface area contributed by atoms with E-state index in [2.05, 4.69) is 21.2 Å². The number of amides is 4. The van der Waals surface area contributed by atoms with Crippen molar-refractivity contribution in [2.75, 3.05) is 0 Å². The van der Waals surface area contributed by atoms with Gasteiger partial charge < -0.3 is 5.11 Å². The van der Waals surface area contributed by atoms with Crippen LogP contribution < -0.4 is 5.32 Å². The molecule has 1 saturated heterocycles. The second-order valence-electron chi connectivity index (χ2n) is 5.64. The monoisotopic (exact) mass is 378 g/mol. The molecule has 0 atom stereocenters. The zero-order chi connectivity index (χ0) is 16.6. The summed E-state index contributed by atoms with van der Waals surface area (Å²) in [4.78, 5) is 37.8. The zero-order valence-electron chi connectivity index (χ0n) is 12.2. The van der Waals surface area contributed by atoms with Crippen LogP contribution in [-0.4, -0.2) is 33.9 Å². The Labute approximate surface area is 141 Å². The topological polar surface area (TPSA) is 86.7 Å². The Balaban J connectivity index is 1.94.